The van der Waals surface area contributed by atoms with Gasteiger partial charge in [0.15, 0.2) is 0 Å². The zero-order valence-corrected chi connectivity index (χ0v) is 10.5. The van der Waals surface area contributed by atoms with Crippen molar-refractivity contribution in [1.29, 1.82) is 0 Å². The van der Waals surface area contributed by atoms with Crippen molar-refractivity contribution in [2.75, 3.05) is 13.7 Å². The lowest BCUT2D eigenvalue weighted by Gasteiger charge is -2.22. The van der Waals surface area contributed by atoms with E-state index >= 15 is 0 Å². The van der Waals surface area contributed by atoms with E-state index in [1.54, 1.807) is 4.90 Å². The second-order valence-corrected chi connectivity index (χ2v) is 4.43. The summed E-state index contributed by atoms with van der Waals surface area (Å²) in [4.78, 5) is 25.4. The number of rotatable bonds is 3. The Labute approximate surface area is 107 Å². The van der Waals surface area contributed by atoms with Crippen molar-refractivity contribution in [3.8, 4) is 0 Å². The highest BCUT2D eigenvalue weighted by molar-refractivity contribution is 5.86. The van der Waals surface area contributed by atoms with E-state index in [4.69, 9.17) is 4.74 Å². The van der Waals surface area contributed by atoms with Crippen LogP contribution in [-0.2, 0) is 20.7 Å². The third-order valence-corrected chi connectivity index (χ3v) is 3.24. The molecule has 0 aromatic heterocycles. The molecule has 1 amide bonds. The lowest BCUT2D eigenvalue weighted by molar-refractivity contribution is -0.150. The monoisotopic (exact) mass is 247 g/mol. The number of benzene rings is 1. The maximum Gasteiger partial charge on any atom is 0.328 e. The third-order valence-electron chi connectivity index (χ3n) is 3.24. The third kappa shape index (κ3) is 2.70. The molecule has 1 aromatic carbocycles. The summed E-state index contributed by atoms with van der Waals surface area (Å²) in [5.74, 6) is -0.317. The van der Waals surface area contributed by atoms with E-state index in [9.17, 15) is 9.59 Å². The average molecular weight is 247 g/mol. The van der Waals surface area contributed by atoms with Crippen molar-refractivity contribution in [2.24, 2.45) is 0 Å². The molecule has 1 aliphatic rings. The molecule has 0 unspecified atom stereocenters. The maximum atomic E-state index is 12.2. The normalized spacial score (nSPS) is 18.7. The van der Waals surface area contributed by atoms with E-state index in [0.717, 1.165) is 12.0 Å². The molecule has 0 radical (unpaired) electrons. The topological polar surface area (TPSA) is 46.6 Å². The van der Waals surface area contributed by atoms with Crippen LogP contribution in [0.3, 0.4) is 0 Å². The van der Waals surface area contributed by atoms with Crippen LogP contribution in [0.1, 0.15) is 18.4 Å². The van der Waals surface area contributed by atoms with Crippen LogP contribution in [0.5, 0.6) is 0 Å². The predicted octanol–water partition coefficient (Wildman–Crippen LogP) is 1.39. The van der Waals surface area contributed by atoms with Gasteiger partial charge in [-0.05, 0) is 18.4 Å². The van der Waals surface area contributed by atoms with Crippen LogP contribution in [0.15, 0.2) is 30.3 Å². The van der Waals surface area contributed by atoms with Gasteiger partial charge in [-0.25, -0.2) is 4.79 Å². The Hall–Kier alpha value is -1.84. The number of likely N-dealkylation sites (tertiary alicyclic amines) is 1. The van der Waals surface area contributed by atoms with Gasteiger partial charge < -0.3 is 9.64 Å². The molecule has 1 aliphatic heterocycles. The van der Waals surface area contributed by atoms with Gasteiger partial charge in [-0.3, -0.25) is 4.79 Å². The van der Waals surface area contributed by atoms with E-state index in [-0.39, 0.29) is 11.9 Å². The predicted molar refractivity (Wildman–Crippen MR) is 66.9 cm³/mol. The molecule has 1 atom stereocenters. The standard InChI is InChI=1S/C14H17NO3/c1-18-14(17)12-8-5-9-15(12)13(16)10-11-6-3-2-4-7-11/h2-4,6-7,12H,5,8-10H2,1H3/t12-/m1/s1. The van der Waals surface area contributed by atoms with Crippen LogP contribution in [-0.4, -0.2) is 36.5 Å². The Kier molecular flexibility index (Phi) is 3.97. The molecule has 0 saturated carbocycles. The first kappa shape index (κ1) is 12.6. The summed E-state index contributed by atoms with van der Waals surface area (Å²) in [6.45, 7) is 0.644. The molecule has 0 aliphatic carbocycles. The number of esters is 1. The minimum absolute atomic E-state index is 0.00546. The molecular weight excluding hydrogens is 230 g/mol. The smallest absolute Gasteiger partial charge is 0.328 e. The van der Waals surface area contributed by atoms with Gasteiger partial charge in [-0.2, -0.15) is 0 Å². The first-order chi connectivity index (χ1) is 8.72. The summed E-state index contributed by atoms with van der Waals surface area (Å²) in [6, 6.07) is 9.17. The van der Waals surface area contributed by atoms with E-state index in [0.29, 0.717) is 19.4 Å². The van der Waals surface area contributed by atoms with Crippen molar-refractivity contribution >= 4 is 11.9 Å². The summed E-state index contributed by atoms with van der Waals surface area (Å²) in [5.41, 5.74) is 0.970. The molecule has 96 valence electrons. The number of carbonyl (C=O) groups excluding carboxylic acids is 2. The average Bonchev–Trinajstić information content (AvgIpc) is 2.88. The van der Waals surface area contributed by atoms with Crippen LogP contribution in [0, 0.1) is 0 Å². The van der Waals surface area contributed by atoms with Crippen LogP contribution in [0.4, 0.5) is 0 Å². The second kappa shape index (κ2) is 5.67. The molecule has 1 fully saturated rings. The van der Waals surface area contributed by atoms with E-state index in [1.165, 1.54) is 7.11 Å². The first-order valence-electron chi connectivity index (χ1n) is 6.13. The van der Waals surface area contributed by atoms with Gasteiger partial charge >= 0.3 is 5.97 Å². The molecule has 4 heteroatoms. The van der Waals surface area contributed by atoms with Gasteiger partial charge in [0, 0.05) is 6.54 Å². The quantitative estimate of drug-likeness (QED) is 0.758. The van der Waals surface area contributed by atoms with E-state index < -0.39 is 6.04 Å². The van der Waals surface area contributed by atoms with Crippen LogP contribution in [0.2, 0.25) is 0 Å². The van der Waals surface area contributed by atoms with Gasteiger partial charge in [-0.15, -0.1) is 0 Å². The molecular formula is C14H17NO3. The Morgan fingerprint density at radius 2 is 2.06 bits per heavy atom. The number of hydrogen-bond donors (Lipinski definition) is 0. The number of carbonyl (C=O) groups is 2. The largest absolute Gasteiger partial charge is 0.467 e. The number of methoxy groups -OCH3 is 1. The fourth-order valence-electron chi connectivity index (χ4n) is 2.32. The Bertz CT molecular complexity index is 430. The highest BCUT2D eigenvalue weighted by Gasteiger charge is 2.34. The van der Waals surface area contributed by atoms with Gasteiger partial charge in [-0.1, -0.05) is 30.3 Å². The van der Waals surface area contributed by atoms with Crippen LogP contribution in [0.25, 0.3) is 0 Å². The van der Waals surface area contributed by atoms with Gasteiger partial charge in [0.1, 0.15) is 6.04 Å². The minimum Gasteiger partial charge on any atom is -0.467 e. The molecule has 2 rings (SSSR count). The summed E-state index contributed by atoms with van der Waals surface area (Å²) >= 11 is 0. The fraction of sp³-hybridized carbons (Fsp3) is 0.429. The molecule has 0 N–H and O–H groups in total. The van der Waals surface area contributed by atoms with Crippen molar-refractivity contribution in [1.82, 2.24) is 4.90 Å². The van der Waals surface area contributed by atoms with E-state index in [2.05, 4.69) is 0 Å². The zero-order valence-electron chi connectivity index (χ0n) is 10.5. The van der Waals surface area contributed by atoms with Gasteiger partial charge in [0.05, 0.1) is 13.5 Å². The second-order valence-electron chi connectivity index (χ2n) is 4.43. The van der Waals surface area contributed by atoms with Crippen LogP contribution < -0.4 is 0 Å². The zero-order chi connectivity index (χ0) is 13.0. The summed E-state index contributed by atoms with van der Waals surface area (Å²) in [5, 5.41) is 0. The lowest BCUT2D eigenvalue weighted by atomic mass is 10.1. The molecule has 0 bridgehead atoms. The van der Waals surface area contributed by atoms with Crippen molar-refractivity contribution in [3.63, 3.8) is 0 Å². The van der Waals surface area contributed by atoms with Crippen LogP contribution >= 0.6 is 0 Å². The fourth-order valence-corrected chi connectivity index (χ4v) is 2.32. The highest BCUT2D eigenvalue weighted by atomic mass is 16.5. The minimum atomic E-state index is -0.397. The van der Waals surface area contributed by atoms with Crippen molar-refractivity contribution < 1.29 is 14.3 Å². The van der Waals surface area contributed by atoms with E-state index in [1.807, 2.05) is 30.3 Å². The van der Waals surface area contributed by atoms with Gasteiger partial charge in [0.25, 0.3) is 0 Å². The molecule has 0 spiro atoms. The SMILES string of the molecule is COC(=O)[C@H]1CCCN1C(=O)Cc1ccccc1. The number of ether oxygens (including phenoxy) is 1. The molecule has 1 saturated heterocycles. The first-order valence-corrected chi connectivity index (χ1v) is 6.13. The summed E-state index contributed by atoms with van der Waals surface area (Å²) in [6.07, 6.45) is 1.90. The summed E-state index contributed by atoms with van der Waals surface area (Å²) < 4.78 is 4.73. The molecule has 1 heterocycles. The lowest BCUT2D eigenvalue weighted by Crippen LogP contribution is -2.41. The Morgan fingerprint density at radius 3 is 2.72 bits per heavy atom. The Morgan fingerprint density at radius 1 is 1.33 bits per heavy atom. The van der Waals surface area contributed by atoms with Crippen molar-refractivity contribution in [3.05, 3.63) is 35.9 Å². The Balaban J connectivity index is 2.02. The maximum absolute atomic E-state index is 12.2. The summed E-state index contributed by atoms with van der Waals surface area (Å²) in [7, 11) is 1.36. The molecule has 1 aromatic rings. The molecule has 18 heavy (non-hydrogen) atoms. The number of amides is 1. The van der Waals surface area contributed by atoms with Gasteiger partial charge in [0.2, 0.25) is 5.91 Å². The highest BCUT2D eigenvalue weighted by Crippen LogP contribution is 2.19. The number of nitrogens with zero attached hydrogens (tertiary/aromatic N) is 1. The number of hydrogen-bond acceptors (Lipinski definition) is 3. The van der Waals surface area contributed by atoms with Crippen molar-refractivity contribution in [2.45, 2.75) is 25.3 Å². The molecule has 4 nitrogen and oxygen atoms in total.